The van der Waals surface area contributed by atoms with Gasteiger partial charge in [-0.3, -0.25) is 0 Å². The van der Waals surface area contributed by atoms with Crippen LogP contribution in [0.1, 0.15) is 0 Å². The predicted molar refractivity (Wildman–Crippen MR) is 126 cm³/mol. The summed E-state index contributed by atoms with van der Waals surface area (Å²) in [6.07, 6.45) is 0. The Morgan fingerprint density at radius 2 is 1.14 bits per heavy atom. The first-order valence-electron chi connectivity index (χ1n) is 8.89. The summed E-state index contributed by atoms with van der Waals surface area (Å²) < 4.78 is 4.89. The van der Waals surface area contributed by atoms with Crippen LogP contribution >= 0.6 is 46.8 Å². The normalized spacial score (nSPS) is 10.7. The zero-order valence-corrected chi connectivity index (χ0v) is 18.2. The molecule has 4 rings (SSSR count). The molecule has 0 amide bonds. The summed E-state index contributed by atoms with van der Waals surface area (Å²) in [5.74, 6) is 0. The molecule has 29 heavy (non-hydrogen) atoms. The maximum atomic E-state index is 6.50. The molecule has 1 nitrogen and oxygen atoms in total. The Morgan fingerprint density at radius 3 is 1.66 bits per heavy atom. The van der Waals surface area contributed by atoms with Gasteiger partial charge in [0, 0.05) is 38.0 Å². The molecule has 0 spiro atoms. The van der Waals surface area contributed by atoms with E-state index in [2.05, 4.69) is 24.3 Å². The van der Waals surface area contributed by atoms with Gasteiger partial charge in [0.2, 0.25) is 0 Å². The first-order valence-corrected chi connectivity index (χ1v) is 10.8. The highest BCUT2D eigenvalue weighted by Gasteiger charge is 2.16. The second-order valence-corrected chi connectivity index (χ2v) is 8.42. The molecule has 0 aromatic heterocycles. The van der Waals surface area contributed by atoms with Crippen molar-refractivity contribution in [1.82, 2.24) is 4.72 Å². The van der Waals surface area contributed by atoms with Crippen LogP contribution in [0.3, 0.4) is 0 Å². The van der Waals surface area contributed by atoms with Crippen LogP contribution in [0.15, 0.2) is 95.9 Å². The number of halogens is 3. The van der Waals surface area contributed by atoms with Gasteiger partial charge in [-0.1, -0.05) is 95.5 Å². The summed E-state index contributed by atoms with van der Waals surface area (Å²) in [7, 11) is 0. The molecule has 0 fully saturated rings. The molecule has 0 heterocycles. The first kappa shape index (κ1) is 20.2. The fourth-order valence-electron chi connectivity index (χ4n) is 3.02. The van der Waals surface area contributed by atoms with E-state index in [0.29, 0.717) is 15.1 Å². The quantitative estimate of drug-likeness (QED) is 0.274. The van der Waals surface area contributed by atoms with E-state index in [1.807, 2.05) is 60.7 Å². The fourth-order valence-corrected chi connectivity index (χ4v) is 4.41. The maximum absolute atomic E-state index is 6.50. The number of hydrogen-bond acceptors (Lipinski definition) is 1. The Labute approximate surface area is 189 Å². The Kier molecular flexibility index (Phi) is 6.37. The third kappa shape index (κ3) is 4.73. The van der Waals surface area contributed by atoms with Crippen molar-refractivity contribution in [2.45, 2.75) is 4.90 Å². The minimum Gasteiger partial charge on any atom is -0.210 e. The lowest BCUT2D eigenvalue weighted by molar-refractivity contribution is 1.34. The first-order chi connectivity index (χ1) is 14.1. The Balaban J connectivity index is 1.82. The number of rotatable bonds is 5. The van der Waals surface area contributed by atoms with Crippen molar-refractivity contribution in [3.05, 3.63) is 106 Å². The lowest BCUT2D eigenvalue weighted by Gasteiger charge is -2.16. The van der Waals surface area contributed by atoms with Gasteiger partial charge in [-0.2, -0.15) is 0 Å². The van der Waals surface area contributed by atoms with E-state index in [1.54, 1.807) is 6.07 Å². The average Bonchev–Trinajstić information content (AvgIpc) is 2.74. The number of benzene rings is 4. The molecule has 0 saturated heterocycles. The fraction of sp³-hybridized carbons (Fsp3) is 0. The van der Waals surface area contributed by atoms with E-state index in [0.717, 1.165) is 32.8 Å². The van der Waals surface area contributed by atoms with Gasteiger partial charge in [-0.25, -0.2) is 4.72 Å². The Bertz CT molecular complexity index is 1070. The summed E-state index contributed by atoms with van der Waals surface area (Å²) in [6, 6.07) is 29.5. The second kappa shape index (κ2) is 9.15. The topological polar surface area (TPSA) is 14.1 Å². The van der Waals surface area contributed by atoms with E-state index in [1.165, 1.54) is 11.9 Å². The third-order valence-corrected chi connectivity index (χ3v) is 6.08. The average molecular weight is 456 g/mol. The molecule has 0 bridgehead atoms. The molecule has 143 valence electrons. The summed E-state index contributed by atoms with van der Waals surface area (Å²) in [5.41, 5.74) is 4.88. The van der Waals surface area contributed by atoms with Crippen molar-refractivity contribution >= 4 is 52.4 Å². The van der Waals surface area contributed by atoms with E-state index in [4.69, 9.17) is 39.5 Å². The van der Waals surface area contributed by atoms with Crippen molar-refractivity contribution in [1.29, 1.82) is 0 Å². The largest absolute Gasteiger partial charge is 0.210 e. The molecule has 0 aliphatic carbocycles. The molecule has 1 radical (unpaired) electrons. The number of hydrogen-bond donors (Lipinski definition) is 0. The van der Waals surface area contributed by atoms with E-state index < -0.39 is 0 Å². The van der Waals surface area contributed by atoms with E-state index >= 15 is 0 Å². The summed E-state index contributed by atoms with van der Waals surface area (Å²) in [6.45, 7) is 0. The lowest BCUT2D eigenvalue weighted by Crippen LogP contribution is -1.95. The van der Waals surface area contributed by atoms with Gasteiger partial charge in [0.1, 0.15) is 0 Å². The smallest absolute Gasteiger partial charge is 0.0874 e. The second-order valence-electron chi connectivity index (χ2n) is 6.34. The van der Waals surface area contributed by atoms with Gasteiger partial charge < -0.3 is 0 Å². The van der Waals surface area contributed by atoms with Crippen molar-refractivity contribution in [2.24, 2.45) is 0 Å². The highest BCUT2D eigenvalue weighted by atomic mass is 35.5. The van der Waals surface area contributed by atoms with Crippen molar-refractivity contribution < 1.29 is 0 Å². The maximum Gasteiger partial charge on any atom is 0.0874 e. The van der Waals surface area contributed by atoms with Crippen LogP contribution in [-0.2, 0) is 0 Å². The Morgan fingerprint density at radius 1 is 0.586 bits per heavy atom. The molecule has 0 aliphatic rings. The monoisotopic (exact) mass is 454 g/mol. The lowest BCUT2D eigenvalue weighted by atomic mass is 9.96. The molecule has 0 N–H and O–H groups in total. The standard InChI is InChI=1S/C24H15Cl3NS/c25-18-11-12-23(22(27)15-18)29-28-24-20(16-7-3-1-4-8-16)13-19(26)14-21(24)17-9-5-2-6-10-17/h1-15H. The molecule has 0 unspecified atom stereocenters. The molecule has 4 aromatic rings. The van der Waals surface area contributed by atoms with Crippen LogP contribution in [0, 0.1) is 0 Å². The van der Waals surface area contributed by atoms with Crippen LogP contribution in [-0.4, -0.2) is 0 Å². The van der Waals surface area contributed by atoms with Crippen molar-refractivity contribution in [3.8, 4) is 22.3 Å². The van der Waals surface area contributed by atoms with Gasteiger partial charge >= 0.3 is 0 Å². The van der Waals surface area contributed by atoms with Crippen LogP contribution < -0.4 is 4.72 Å². The molecule has 5 heteroatoms. The predicted octanol–water partition coefficient (Wildman–Crippen LogP) is 8.92. The zero-order valence-electron chi connectivity index (χ0n) is 15.1. The van der Waals surface area contributed by atoms with Gasteiger partial charge in [-0.15, -0.1) is 0 Å². The van der Waals surface area contributed by atoms with Crippen molar-refractivity contribution in [2.75, 3.05) is 0 Å². The SMILES string of the molecule is Clc1ccc(S[N]c2c(-c3ccccc3)cc(Cl)cc2-c2ccccc2)c(Cl)c1. The highest BCUT2D eigenvalue weighted by Crippen LogP contribution is 2.42. The van der Waals surface area contributed by atoms with Crippen LogP contribution in [0.4, 0.5) is 5.69 Å². The van der Waals surface area contributed by atoms with Gasteiger partial charge in [-0.05, 0) is 41.5 Å². The summed E-state index contributed by atoms with van der Waals surface area (Å²) >= 11 is 20.2. The molecule has 0 saturated carbocycles. The van der Waals surface area contributed by atoms with E-state index in [9.17, 15) is 0 Å². The van der Waals surface area contributed by atoms with Gasteiger partial charge in [0.05, 0.1) is 10.7 Å². The minimum absolute atomic E-state index is 0.572. The summed E-state index contributed by atoms with van der Waals surface area (Å²) in [5, 5.41) is 1.83. The molecule has 0 aliphatic heterocycles. The minimum atomic E-state index is 0.572. The van der Waals surface area contributed by atoms with Crippen LogP contribution in [0.5, 0.6) is 0 Å². The van der Waals surface area contributed by atoms with E-state index in [-0.39, 0.29) is 0 Å². The molecular weight excluding hydrogens is 441 g/mol. The van der Waals surface area contributed by atoms with Gasteiger partial charge in [0.15, 0.2) is 0 Å². The number of nitrogens with zero attached hydrogens (tertiary/aromatic N) is 1. The molecular formula is C24H15Cl3NS. The molecule has 0 atom stereocenters. The van der Waals surface area contributed by atoms with Gasteiger partial charge in [0.25, 0.3) is 0 Å². The third-order valence-electron chi connectivity index (χ3n) is 4.37. The van der Waals surface area contributed by atoms with Crippen molar-refractivity contribution in [3.63, 3.8) is 0 Å². The highest BCUT2D eigenvalue weighted by molar-refractivity contribution is 7.97. The molecule has 4 aromatic carbocycles. The Hall–Kier alpha value is -2.10. The van der Waals surface area contributed by atoms with Crippen LogP contribution in [0.25, 0.3) is 22.3 Å². The van der Waals surface area contributed by atoms with Crippen LogP contribution in [0.2, 0.25) is 15.1 Å². The zero-order chi connectivity index (χ0) is 20.2. The summed E-state index contributed by atoms with van der Waals surface area (Å²) in [4.78, 5) is 0.837.